The second-order valence-electron chi connectivity index (χ2n) is 6.16. The Morgan fingerprint density at radius 1 is 1.32 bits per heavy atom. The molecule has 0 spiro atoms. The summed E-state index contributed by atoms with van der Waals surface area (Å²) >= 11 is 6.10. The van der Waals surface area contributed by atoms with E-state index in [2.05, 4.69) is 45.1 Å². The van der Waals surface area contributed by atoms with Crippen molar-refractivity contribution >= 4 is 11.6 Å². The van der Waals surface area contributed by atoms with E-state index in [-0.39, 0.29) is 11.6 Å². The van der Waals surface area contributed by atoms with Crippen LogP contribution in [0.1, 0.15) is 45.6 Å². The lowest BCUT2D eigenvalue weighted by atomic mass is 9.92. The van der Waals surface area contributed by atoms with Gasteiger partial charge in [-0.15, -0.1) is 0 Å². The van der Waals surface area contributed by atoms with E-state index in [0.29, 0.717) is 5.92 Å². The molecule has 1 aromatic carbocycles. The lowest BCUT2D eigenvalue weighted by Crippen LogP contribution is -2.39. The fourth-order valence-corrected chi connectivity index (χ4v) is 2.22. The molecule has 2 unspecified atom stereocenters. The minimum absolute atomic E-state index is 0.118. The molecule has 0 fully saturated rings. The molecule has 2 atom stereocenters. The van der Waals surface area contributed by atoms with E-state index >= 15 is 0 Å². The van der Waals surface area contributed by atoms with E-state index in [1.54, 1.807) is 7.11 Å². The number of ether oxygens (including phenoxy) is 1. The highest BCUT2D eigenvalue weighted by atomic mass is 35.5. The lowest BCUT2D eigenvalue weighted by Gasteiger charge is -2.27. The van der Waals surface area contributed by atoms with Crippen molar-refractivity contribution in [2.75, 3.05) is 13.7 Å². The van der Waals surface area contributed by atoms with Crippen molar-refractivity contribution in [3.05, 3.63) is 34.9 Å². The minimum Gasteiger partial charge on any atom is -0.382 e. The van der Waals surface area contributed by atoms with Crippen molar-refractivity contribution < 1.29 is 4.74 Å². The third-order valence-corrected chi connectivity index (χ3v) is 3.45. The summed E-state index contributed by atoms with van der Waals surface area (Å²) < 4.78 is 5.40. The monoisotopic (exact) mass is 283 g/mol. The van der Waals surface area contributed by atoms with Gasteiger partial charge in [-0.3, -0.25) is 0 Å². The quantitative estimate of drug-likeness (QED) is 0.843. The molecule has 3 heteroatoms. The Morgan fingerprint density at radius 3 is 2.53 bits per heavy atom. The van der Waals surface area contributed by atoms with Crippen LogP contribution in [0.2, 0.25) is 5.02 Å². The van der Waals surface area contributed by atoms with Gasteiger partial charge in [-0.05, 0) is 57.7 Å². The summed E-state index contributed by atoms with van der Waals surface area (Å²) in [6.07, 6.45) is 1.23. The average Bonchev–Trinajstić information content (AvgIpc) is 2.33. The van der Waals surface area contributed by atoms with Gasteiger partial charge in [0.1, 0.15) is 0 Å². The first-order valence-corrected chi connectivity index (χ1v) is 7.23. The summed E-state index contributed by atoms with van der Waals surface area (Å²) in [5.41, 5.74) is 1.39. The molecule has 0 radical (unpaired) electrons. The van der Waals surface area contributed by atoms with Gasteiger partial charge in [-0.1, -0.05) is 23.7 Å². The minimum atomic E-state index is 0.118. The summed E-state index contributed by atoms with van der Waals surface area (Å²) in [5, 5.41) is 4.37. The lowest BCUT2D eigenvalue weighted by molar-refractivity contribution is 0.103. The maximum Gasteiger partial charge on any atom is 0.0549 e. The van der Waals surface area contributed by atoms with Crippen molar-refractivity contribution in [2.24, 2.45) is 0 Å². The summed E-state index contributed by atoms with van der Waals surface area (Å²) in [7, 11) is 1.76. The highest BCUT2D eigenvalue weighted by Gasteiger charge is 2.18. The molecule has 0 saturated carbocycles. The normalized spacial score (nSPS) is 15.3. The molecule has 108 valence electrons. The predicted molar refractivity (Wildman–Crippen MR) is 83.0 cm³/mol. The second-order valence-corrected chi connectivity index (χ2v) is 6.60. The van der Waals surface area contributed by atoms with Crippen molar-refractivity contribution in [3.8, 4) is 0 Å². The SMILES string of the molecule is COC(C)CC(CNC(C)(C)C)c1cccc(Cl)c1. The number of nitrogens with one attached hydrogen (secondary N) is 1. The highest BCUT2D eigenvalue weighted by molar-refractivity contribution is 6.30. The van der Waals surface area contributed by atoms with Crippen LogP contribution < -0.4 is 5.32 Å². The molecule has 0 aliphatic heterocycles. The molecule has 1 aromatic rings. The van der Waals surface area contributed by atoms with Gasteiger partial charge in [-0.2, -0.15) is 0 Å². The van der Waals surface area contributed by atoms with E-state index in [1.165, 1.54) is 5.56 Å². The van der Waals surface area contributed by atoms with Gasteiger partial charge in [0.05, 0.1) is 6.10 Å². The fourth-order valence-electron chi connectivity index (χ4n) is 2.02. The largest absolute Gasteiger partial charge is 0.382 e. The van der Waals surface area contributed by atoms with Gasteiger partial charge in [0.25, 0.3) is 0 Å². The van der Waals surface area contributed by atoms with Crippen molar-refractivity contribution in [2.45, 2.75) is 51.7 Å². The van der Waals surface area contributed by atoms with Crippen LogP contribution in [-0.2, 0) is 4.74 Å². The second kappa shape index (κ2) is 7.28. The Hall–Kier alpha value is -0.570. The molecule has 0 bridgehead atoms. The van der Waals surface area contributed by atoms with Crippen LogP contribution in [0, 0.1) is 0 Å². The zero-order valence-corrected chi connectivity index (χ0v) is 13.4. The molecule has 0 saturated heterocycles. The zero-order chi connectivity index (χ0) is 14.5. The van der Waals surface area contributed by atoms with Crippen LogP contribution in [0.25, 0.3) is 0 Å². The summed E-state index contributed by atoms with van der Waals surface area (Å²) in [6.45, 7) is 9.58. The Labute approximate surface area is 122 Å². The molecule has 0 aliphatic rings. The van der Waals surface area contributed by atoms with E-state index in [9.17, 15) is 0 Å². The van der Waals surface area contributed by atoms with Crippen molar-refractivity contribution in [1.29, 1.82) is 0 Å². The molecule has 1 N–H and O–H groups in total. The molecule has 1 rings (SSSR count). The first kappa shape index (κ1) is 16.5. The average molecular weight is 284 g/mol. The first-order chi connectivity index (χ1) is 8.81. The van der Waals surface area contributed by atoms with Gasteiger partial charge in [0.2, 0.25) is 0 Å². The maximum atomic E-state index is 6.10. The molecule has 19 heavy (non-hydrogen) atoms. The summed E-state index contributed by atoms with van der Waals surface area (Å²) in [6, 6.07) is 8.13. The Kier molecular flexibility index (Phi) is 6.31. The highest BCUT2D eigenvalue weighted by Crippen LogP contribution is 2.25. The molecular formula is C16H26ClNO. The van der Waals surface area contributed by atoms with Gasteiger partial charge in [-0.25, -0.2) is 0 Å². The van der Waals surface area contributed by atoms with E-state index in [1.807, 2.05) is 12.1 Å². The number of benzene rings is 1. The van der Waals surface area contributed by atoms with E-state index in [4.69, 9.17) is 16.3 Å². The van der Waals surface area contributed by atoms with Crippen molar-refractivity contribution in [3.63, 3.8) is 0 Å². The smallest absolute Gasteiger partial charge is 0.0549 e. The van der Waals surface area contributed by atoms with Gasteiger partial charge >= 0.3 is 0 Å². The predicted octanol–water partition coefficient (Wildman–Crippen LogP) is 4.24. The van der Waals surface area contributed by atoms with E-state index in [0.717, 1.165) is 18.0 Å². The Morgan fingerprint density at radius 2 is 2.00 bits per heavy atom. The number of hydrogen-bond acceptors (Lipinski definition) is 2. The molecule has 0 aliphatic carbocycles. The van der Waals surface area contributed by atoms with Gasteiger partial charge in [0, 0.05) is 24.2 Å². The topological polar surface area (TPSA) is 21.3 Å². The third-order valence-electron chi connectivity index (χ3n) is 3.22. The zero-order valence-electron chi connectivity index (χ0n) is 12.7. The Balaban J connectivity index is 2.79. The van der Waals surface area contributed by atoms with Crippen molar-refractivity contribution in [1.82, 2.24) is 5.32 Å². The first-order valence-electron chi connectivity index (χ1n) is 6.85. The fraction of sp³-hybridized carbons (Fsp3) is 0.625. The number of halogens is 1. The van der Waals surface area contributed by atoms with Gasteiger partial charge < -0.3 is 10.1 Å². The van der Waals surface area contributed by atoms with Gasteiger partial charge in [0.15, 0.2) is 0 Å². The summed E-state index contributed by atoms with van der Waals surface area (Å²) in [5.74, 6) is 0.410. The van der Waals surface area contributed by atoms with Crippen LogP contribution in [0.15, 0.2) is 24.3 Å². The number of rotatable bonds is 6. The molecule has 2 nitrogen and oxygen atoms in total. The maximum absolute atomic E-state index is 6.10. The van der Waals surface area contributed by atoms with Crippen LogP contribution in [-0.4, -0.2) is 25.3 Å². The molecule has 0 amide bonds. The summed E-state index contributed by atoms with van der Waals surface area (Å²) in [4.78, 5) is 0. The van der Waals surface area contributed by atoms with E-state index < -0.39 is 0 Å². The van der Waals surface area contributed by atoms with Crippen LogP contribution in [0.5, 0.6) is 0 Å². The van der Waals surface area contributed by atoms with Crippen LogP contribution in [0.3, 0.4) is 0 Å². The van der Waals surface area contributed by atoms with Crippen LogP contribution >= 0.6 is 11.6 Å². The Bertz CT molecular complexity index is 387. The molecular weight excluding hydrogens is 258 g/mol. The molecule has 0 aromatic heterocycles. The molecule has 0 heterocycles. The number of hydrogen-bond donors (Lipinski definition) is 1. The standard InChI is InChI=1S/C16H26ClNO/c1-12(19-5)9-14(11-18-16(2,3)4)13-7-6-8-15(17)10-13/h6-8,10,12,14,18H,9,11H2,1-5H3. The third kappa shape index (κ3) is 6.42. The van der Waals surface area contributed by atoms with Crippen LogP contribution in [0.4, 0.5) is 0 Å². The number of methoxy groups -OCH3 is 1.